The Hall–Kier alpha value is -3.29. The summed E-state index contributed by atoms with van der Waals surface area (Å²) < 4.78 is 45.8. The van der Waals surface area contributed by atoms with Crippen molar-refractivity contribution in [3.05, 3.63) is 71.1 Å². The Morgan fingerprint density at radius 2 is 1.76 bits per heavy atom. The standard InChI is InChI=1S/C21H21F3N2O3/c1-5-13-9-14(16(23)10-18(13)26-20(28)29-21(2,3)4)19(27)25-11-12-6-7-15(22)17(24)8-12/h5-10H,1,11H2,2-4H3,(H,25,27)(H,26,28). The number of rotatable bonds is 5. The van der Waals surface area contributed by atoms with Gasteiger partial charge >= 0.3 is 6.09 Å². The molecule has 0 aliphatic rings. The van der Waals surface area contributed by atoms with E-state index in [1.165, 1.54) is 18.2 Å². The van der Waals surface area contributed by atoms with Gasteiger partial charge in [0.2, 0.25) is 0 Å². The van der Waals surface area contributed by atoms with Gasteiger partial charge in [0.25, 0.3) is 5.91 Å². The minimum absolute atomic E-state index is 0.0869. The number of anilines is 1. The normalized spacial score (nSPS) is 11.0. The summed E-state index contributed by atoms with van der Waals surface area (Å²) in [5.41, 5.74) is -0.336. The lowest BCUT2D eigenvalue weighted by Crippen LogP contribution is -2.28. The van der Waals surface area contributed by atoms with Gasteiger partial charge in [0.05, 0.1) is 11.3 Å². The van der Waals surface area contributed by atoms with Crippen LogP contribution in [0.3, 0.4) is 0 Å². The second-order valence-corrected chi connectivity index (χ2v) is 7.18. The molecule has 5 nitrogen and oxygen atoms in total. The molecule has 154 valence electrons. The molecule has 2 amide bonds. The fraction of sp³-hybridized carbons (Fsp3) is 0.238. The number of ether oxygens (including phenoxy) is 1. The predicted molar refractivity (Wildman–Crippen MR) is 104 cm³/mol. The van der Waals surface area contributed by atoms with Crippen LogP contribution in [0.5, 0.6) is 0 Å². The summed E-state index contributed by atoms with van der Waals surface area (Å²) in [6.07, 6.45) is 0.564. The number of hydrogen-bond acceptors (Lipinski definition) is 3. The number of benzene rings is 2. The van der Waals surface area contributed by atoms with E-state index in [4.69, 9.17) is 4.74 Å². The maximum atomic E-state index is 14.5. The van der Waals surface area contributed by atoms with Gasteiger partial charge < -0.3 is 10.1 Å². The highest BCUT2D eigenvalue weighted by Gasteiger charge is 2.19. The van der Waals surface area contributed by atoms with Crippen LogP contribution in [0.25, 0.3) is 6.08 Å². The molecule has 0 aliphatic carbocycles. The second kappa shape index (κ2) is 8.81. The molecule has 0 saturated heterocycles. The molecule has 0 heterocycles. The minimum atomic E-state index is -1.05. The molecular weight excluding hydrogens is 385 g/mol. The van der Waals surface area contributed by atoms with E-state index in [0.29, 0.717) is 11.1 Å². The van der Waals surface area contributed by atoms with E-state index < -0.39 is 35.1 Å². The van der Waals surface area contributed by atoms with E-state index in [2.05, 4.69) is 17.2 Å². The van der Waals surface area contributed by atoms with E-state index in [0.717, 1.165) is 18.2 Å². The zero-order valence-electron chi connectivity index (χ0n) is 16.2. The Morgan fingerprint density at radius 3 is 2.34 bits per heavy atom. The van der Waals surface area contributed by atoms with Gasteiger partial charge in [0.15, 0.2) is 11.6 Å². The molecule has 0 atom stereocenters. The Kier molecular flexibility index (Phi) is 6.68. The van der Waals surface area contributed by atoms with Crippen LogP contribution in [0.1, 0.15) is 42.3 Å². The quantitative estimate of drug-likeness (QED) is 0.732. The topological polar surface area (TPSA) is 67.4 Å². The summed E-state index contributed by atoms with van der Waals surface area (Å²) in [7, 11) is 0. The first-order valence-corrected chi connectivity index (χ1v) is 8.68. The maximum absolute atomic E-state index is 14.5. The van der Waals surface area contributed by atoms with Crippen LogP contribution in [0.4, 0.5) is 23.7 Å². The third-order valence-electron chi connectivity index (χ3n) is 3.68. The van der Waals surface area contributed by atoms with Gasteiger partial charge in [-0.3, -0.25) is 10.1 Å². The van der Waals surface area contributed by atoms with Crippen LogP contribution in [-0.4, -0.2) is 17.6 Å². The van der Waals surface area contributed by atoms with Crippen molar-refractivity contribution in [1.82, 2.24) is 5.32 Å². The molecule has 0 saturated carbocycles. The van der Waals surface area contributed by atoms with Crippen LogP contribution in [0, 0.1) is 17.5 Å². The number of carbonyl (C=O) groups excluding carboxylic acids is 2. The number of amides is 2. The third kappa shape index (κ3) is 6.10. The van der Waals surface area contributed by atoms with Gasteiger partial charge in [0.1, 0.15) is 11.4 Å². The van der Waals surface area contributed by atoms with Gasteiger partial charge in [-0.15, -0.1) is 0 Å². The van der Waals surface area contributed by atoms with E-state index >= 15 is 0 Å². The van der Waals surface area contributed by atoms with Crippen molar-refractivity contribution < 1.29 is 27.5 Å². The SMILES string of the molecule is C=Cc1cc(C(=O)NCc2ccc(F)c(F)c2)c(F)cc1NC(=O)OC(C)(C)C. The molecule has 2 aromatic rings. The lowest BCUT2D eigenvalue weighted by molar-refractivity contribution is 0.0635. The van der Waals surface area contributed by atoms with Crippen LogP contribution < -0.4 is 10.6 Å². The monoisotopic (exact) mass is 406 g/mol. The number of hydrogen-bond donors (Lipinski definition) is 2. The van der Waals surface area contributed by atoms with E-state index in [-0.39, 0.29) is 17.8 Å². The lowest BCUT2D eigenvalue weighted by atomic mass is 10.1. The van der Waals surface area contributed by atoms with Crippen molar-refractivity contribution in [2.75, 3.05) is 5.32 Å². The minimum Gasteiger partial charge on any atom is -0.444 e. The number of carbonyl (C=O) groups is 2. The predicted octanol–water partition coefficient (Wildman–Crippen LogP) is 5.02. The Labute approximate surface area is 166 Å². The van der Waals surface area contributed by atoms with E-state index in [1.807, 2.05) is 0 Å². The zero-order chi connectivity index (χ0) is 21.8. The van der Waals surface area contributed by atoms with Crippen molar-refractivity contribution in [3.8, 4) is 0 Å². The summed E-state index contributed by atoms with van der Waals surface area (Å²) in [5.74, 6) is -3.70. The summed E-state index contributed by atoms with van der Waals surface area (Å²) in [4.78, 5) is 24.2. The van der Waals surface area contributed by atoms with Crippen molar-refractivity contribution in [2.24, 2.45) is 0 Å². The van der Waals surface area contributed by atoms with Gasteiger partial charge in [-0.05, 0) is 56.2 Å². The molecule has 2 N–H and O–H groups in total. The molecule has 0 spiro atoms. The third-order valence-corrected chi connectivity index (χ3v) is 3.68. The fourth-order valence-corrected chi connectivity index (χ4v) is 2.38. The molecule has 0 fully saturated rings. The molecule has 0 radical (unpaired) electrons. The molecule has 0 bridgehead atoms. The van der Waals surface area contributed by atoms with Crippen molar-refractivity contribution >= 4 is 23.8 Å². The van der Waals surface area contributed by atoms with Gasteiger partial charge in [0, 0.05) is 6.54 Å². The van der Waals surface area contributed by atoms with Crippen LogP contribution in [-0.2, 0) is 11.3 Å². The maximum Gasteiger partial charge on any atom is 0.412 e. The second-order valence-electron chi connectivity index (χ2n) is 7.18. The first-order valence-electron chi connectivity index (χ1n) is 8.68. The molecule has 8 heteroatoms. The van der Waals surface area contributed by atoms with E-state index in [1.54, 1.807) is 20.8 Å². The average molecular weight is 406 g/mol. The summed E-state index contributed by atoms with van der Waals surface area (Å²) in [6, 6.07) is 5.38. The van der Waals surface area contributed by atoms with Crippen molar-refractivity contribution in [1.29, 1.82) is 0 Å². The lowest BCUT2D eigenvalue weighted by Gasteiger charge is -2.20. The van der Waals surface area contributed by atoms with Gasteiger partial charge in [-0.2, -0.15) is 0 Å². The van der Waals surface area contributed by atoms with Crippen LogP contribution in [0.2, 0.25) is 0 Å². The fourth-order valence-electron chi connectivity index (χ4n) is 2.38. The van der Waals surface area contributed by atoms with Gasteiger partial charge in [-0.25, -0.2) is 18.0 Å². The highest BCUT2D eigenvalue weighted by molar-refractivity contribution is 5.97. The smallest absolute Gasteiger partial charge is 0.412 e. The largest absolute Gasteiger partial charge is 0.444 e. The summed E-state index contributed by atoms with van der Waals surface area (Å²) >= 11 is 0. The summed E-state index contributed by atoms with van der Waals surface area (Å²) in [6.45, 7) is 8.51. The van der Waals surface area contributed by atoms with Crippen LogP contribution >= 0.6 is 0 Å². The highest BCUT2D eigenvalue weighted by Crippen LogP contribution is 2.23. The van der Waals surface area contributed by atoms with Crippen LogP contribution in [0.15, 0.2) is 36.9 Å². The van der Waals surface area contributed by atoms with Crippen molar-refractivity contribution in [3.63, 3.8) is 0 Å². The molecule has 2 aromatic carbocycles. The Balaban J connectivity index is 2.16. The first-order chi connectivity index (χ1) is 13.5. The first kappa shape index (κ1) is 22.0. The molecule has 0 aromatic heterocycles. The highest BCUT2D eigenvalue weighted by atomic mass is 19.2. The Morgan fingerprint density at radius 1 is 1.07 bits per heavy atom. The Bertz CT molecular complexity index is 953. The van der Waals surface area contributed by atoms with Gasteiger partial charge in [-0.1, -0.05) is 18.7 Å². The molecular formula is C21H21F3N2O3. The average Bonchev–Trinajstić information content (AvgIpc) is 2.61. The molecule has 0 unspecified atom stereocenters. The zero-order valence-corrected chi connectivity index (χ0v) is 16.2. The van der Waals surface area contributed by atoms with Crippen molar-refractivity contribution in [2.45, 2.75) is 32.9 Å². The molecule has 0 aliphatic heterocycles. The summed E-state index contributed by atoms with van der Waals surface area (Å²) in [5, 5.41) is 4.84. The molecule has 29 heavy (non-hydrogen) atoms. The number of halogens is 3. The van der Waals surface area contributed by atoms with E-state index in [9.17, 15) is 22.8 Å². The molecule has 2 rings (SSSR count). The number of nitrogens with one attached hydrogen (secondary N) is 2.